The minimum Gasteiger partial charge on any atom is -0.481 e. The van der Waals surface area contributed by atoms with E-state index in [0.29, 0.717) is 5.76 Å². The van der Waals surface area contributed by atoms with E-state index in [0.717, 1.165) is 12.8 Å². The first-order valence-electron chi connectivity index (χ1n) is 5.04. The van der Waals surface area contributed by atoms with Gasteiger partial charge in [-0.1, -0.05) is 0 Å². The van der Waals surface area contributed by atoms with Gasteiger partial charge in [0.1, 0.15) is 5.76 Å². The third-order valence-electron chi connectivity index (χ3n) is 3.34. The molecule has 5 nitrogen and oxygen atoms in total. The first kappa shape index (κ1) is 8.91. The highest BCUT2D eigenvalue weighted by Crippen LogP contribution is 2.48. The minimum absolute atomic E-state index is 0.0101. The topological polar surface area (TPSA) is 72.6 Å². The molecule has 2 saturated heterocycles. The number of ether oxygens (including phenoxy) is 1. The molecule has 0 saturated carbocycles. The number of oxazole rings is 1. The molecule has 1 N–H and O–H groups in total. The number of rotatable bonds is 2. The van der Waals surface area contributed by atoms with Crippen LogP contribution in [0.1, 0.15) is 24.5 Å². The summed E-state index contributed by atoms with van der Waals surface area (Å²) >= 11 is 0. The summed E-state index contributed by atoms with van der Waals surface area (Å²) in [5, 5.41) is 9.16. The molecule has 3 rings (SSSR count). The number of hydrogen-bond acceptors (Lipinski definition) is 4. The zero-order valence-corrected chi connectivity index (χ0v) is 8.00. The number of nitrogens with zero attached hydrogens (tertiary/aromatic N) is 1. The zero-order valence-electron chi connectivity index (χ0n) is 8.00. The van der Waals surface area contributed by atoms with Gasteiger partial charge in [0.15, 0.2) is 6.39 Å². The highest BCUT2D eigenvalue weighted by Gasteiger charge is 2.54. The van der Waals surface area contributed by atoms with Crippen molar-refractivity contribution < 1.29 is 19.1 Å². The third-order valence-corrected chi connectivity index (χ3v) is 3.34. The van der Waals surface area contributed by atoms with Crippen molar-refractivity contribution in [2.24, 2.45) is 5.92 Å². The summed E-state index contributed by atoms with van der Waals surface area (Å²) < 4.78 is 10.8. The van der Waals surface area contributed by atoms with Gasteiger partial charge in [-0.05, 0) is 12.8 Å². The van der Waals surface area contributed by atoms with Crippen molar-refractivity contribution in [3.8, 4) is 0 Å². The summed E-state index contributed by atoms with van der Waals surface area (Å²) in [6.07, 6.45) is 4.52. The molecule has 1 aromatic heterocycles. The summed E-state index contributed by atoms with van der Waals surface area (Å²) in [6.45, 7) is 0. The molecule has 2 bridgehead atoms. The molecular formula is C10H11NO4. The van der Waals surface area contributed by atoms with Gasteiger partial charge in [-0.3, -0.25) is 4.79 Å². The Morgan fingerprint density at radius 1 is 1.47 bits per heavy atom. The van der Waals surface area contributed by atoms with Crippen LogP contribution in [0, 0.1) is 5.92 Å². The normalized spacial score (nSPS) is 38.4. The van der Waals surface area contributed by atoms with E-state index in [9.17, 15) is 4.79 Å². The quantitative estimate of drug-likeness (QED) is 0.787. The maximum absolute atomic E-state index is 11.2. The Balaban J connectivity index is 1.96. The Hall–Kier alpha value is -1.36. The predicted octanol–water partition coefficient (Wildman–Crippen LogP) is 1.02. The van der Waals surface area contributed by atoms with E-state index in [2.05, 4.69) is 4.98 Å². The molecule has 2 fully saturated rings. The number of fused-ring (bicyclic) bond motifs is 2. The van der Waals surface area contributed by atoms with Crippen molar-refractivity contribution in [2.45, 2.75) is 31.0 Å². The van der Waals surface area contributed by atoms with Crippen LogP contribution >= 0.6 is 0 Å². The molecule has 2 aliphatic heterocycles. The second-order valence-corrected chi connectivity index (χ2v) is 4.08. The van der Waals surface area contributed by atoms with Crippen molar-refractivity contribution in [1.82, 2.24) is 4.98 Å². The third kappa shape index (κ3) is 1.19. The zero-order chi connectivity index (χ0) is 10.4. The average Bonchev–Trinajstić information content (AvgIpc) is 2.92. The summed E-state index contributed by atoms with van der Waals surface area (Å²) in [7, 11) is 0. The predicted molar refractivity (Wildman–Crippen MR) is 48.3 cm³/mol. The van der Waals surface area contributed by atoms with Crippen LogP contribution in [0.15, 0.2) is 17.0 Å². The monoisotopic (exact) mass is 209 g/mol. The van der Waals surface area contributed by atoms with E-state index in [1.54, 1.807) is 6.20 Å². The molecule has 5 heteroatoms. The van der Waals surface area contributed by atoms with Gasteiger partial charge in [0.25, 0.3) is 0 Å². The maximum atomic E-state index is 11.2. The van der Waals surface area contributed by atoms with Gasteiger partial charge >= 0.3 is 5.97 Å². The molecule has 0 radical (unpaired) electrons. The lowest BCUT2D eigenvalue weighted by Gasteiger charge is -2.22. The largest absolute Gasteiger partial charge is 0.481 e. The number of hydrogen-bond donors (Lipinski definition) is 1. The van der Waals surface area contributed by atoms with Gasteiger partial charge in [0.2, 0.25) is 0 Å². The van der Waals surface area contributed by atoms with E-state index >= 15 is 0 Å². The fourth-order valence-corrected chi connectivity index (χ4v) is 2.74. The molecule has 3 heterocycles. The molecule has 0 amide bonds. The Morgan fingerprint density at radius 2 is 2.27 bits per heavy atom. The van der Waals surface area contributed by atoms with Crippen LogP contribution in [0.25, 0.3) is 0 Å². The maximum Gasteiger partial charge on any atom is 0.309 e. The van der Waals surface area contributed by atoms with Gasteiger partial charge in [-0.25, -0.2) is 4.98 Å². The number of carbonyl (C=O) groups is 1. The Bertz CT molecular complexity index is 375. The van der Waals surface area contributed by atoms with Crippen LogP contribution in [-0.2, 0) is 9.53 Å². The smallest absolute Gasteiger partial charge is 0.309 e. The molecular weight excluding hydrogens is 198 g/mol. The number of aliphatic carboxylic acids is 1. The lowest BCUT2D eigenvalue weighted by molar-refractivity contribution is -0.144. The van der Waals surface area contributed by atoms with Crippen LogP contribution < -0.4 is 0 Å². The van der Waals surface area contributed by atoms with Gasteiger partial charge < -0.3 is 14.3 Å². The molecule has 80 valence electrons. The number of carboxylic acids is 1. The number of aromatic nitrogens is 1. The van der Waals surface area contributed by atoms with E-state index in [1.165, 1.54) is 6.39 Å². The Kier molecular flexibility index (Phi) is 1.82. The molecule has 0 spiro atoms. The first-order valence-corrected chi connectivity index (χ1v) is 5.04. The minimum atomic E-state index is -0.802. The van der Waals surface area contributed by atoms with Crippen LogP contribution in [-0.4, -0.2) is 28.3 Å². The van der Waals surface area contributed by atoms with Crippen LogP contribution in [0.5, 0.6) is 0 Å². The molecule has 0 aromatic carbocycles. The fourth-order valence-electron chi connectivity index (χ4n) is 2.74. The molecule has 0 aliphatic carbocycles. The highest BCUT2D eigenvalue weighted by molar-refractivity contribution is 5.73. The molecule has 4 atom stereocenters. The first-order chi connectivity index (χ1) is 7.27. The van der Waals surface area contributed by atoms with E-state index in [4.69, 9.17) is 14.3 Å². The van der Waals surface area contributed by atoms with Gasteiger partial charge in [0.05, 0.1) is 30.2 Å². The second kappa shape index (κ2) is 3.06. The summed E-state index contributed by atoms with van der Waals surface area (Å²) in [6, 6.07) is 0. The van der Waals surface area contributed by atoms with Gasteiger partial charge in [-0.2, -0.15) is 0 Å². The van der Waals surface area contributed by atoms with Crippen molar-refractivity contribution in [3.63, 3.8) is 0 Å². The Labute approximate surface area is 86.1 Å². The van der Waals surface area contributed by atoms with E-state index in [-0.39, 0.29) is 18.1 Å². The molecule has 1 aromatic rings. The summed E-state index contributed by atoms with van der Waals surface area (Å²) in [5.41, 5.74) is 0. The molecule has 15 heavy (non-hydrogen) atoms. The standard InChI is InChI=1S/C10H11NO4/c12-10(13)9-6-2-1-5(15-6)8(9)7-3-11-4-14-7/h3-6,8-9H,1-2H2,(H,12,13). The van der Waals surface area contributed by atoms with E-state index in [1.807, 2.05) is 0 Å². The second-order valence-electron chi connectivity index (χ2n) is 4.08. The van der Waals surface area contributed by atoms with E-state index < -0.39 is 11.9 Å². The number of carboxylic acid groups (broad SMARTS) is 1. The van der Waals surface area contributed by atoms with Crippen molar-refractivity contribution in [3.05, 3.63) is 18.4 Å². The van der Waals surface area contributed by atoms with Gasteiger partial charge in [-0.15, -0.1) is 0 Å². The van der Waals surface area contributed by atoms with Crippen LogP contribution in [0.3, 0.4) is 0 Å². The van der Waals surface area contributed by atoms with Crippen LogP contribution in [0.4, 0.5) is 0 Å². The lowest BCUT2D eigenvalue weighted by atomic mass is 9.78. The van der Waals surface area contributed by atoms with Crippen molar-refractivity contribution in [1.29, 1.82) is 0 Å². The highest BCUT2D eigenvalue weighted by atomic mass is 16.5. The lowest BCUT2D eigenvalue weighted by Crippen LogP contribution is -2.31. The Morgan fingerprint density at radius 3 is 2.93 bits per heavy atom. The molecule has 2 aliphatic rings. The molecule has 4 unspecified atom stereocenters. The van der Waals surface area contributed by atoms with Crippen LogP contribution in [0.2, 0.25) is 0 Å². The van der Waals surface area contributed by atoms with Crippen molar-refractivity contribution in [2.75, 3.05) is 0 Å². The summed E-state index contributed by atoms with van der Waals surface area (Å²) in [4.78, 5) is 15.0. The van der Waals surface area contributed by atoms with Gasteiger partial charge in [0, 0.05) is 0 Å². The summed E-state index contributed by atoms with van der Waals surface area (Å²) in [5.74, 6) is -0.807. The van der Waals surface area contributed by atoms with Crippen molar-refractivity contribution >= 4 is 5.97 Å². The fraction of sp³-hybridized carbons (Fsp3) is 0.600. The SMILES string of the molecule is O=C(O)C1C2CCC(O2)C1c1cnco1. The average molecular weight is 209 g/mol.